The number of hydrogen-bond donors (Lipinski definition) is 0. The summed E-state index contributed by atoms with van der Waals surface area (Å²) in [6.45, 7) is 4.10. The Labute approximate surface area is 83.7 Å². The van der Waals surface area contributed by atoms with E-state index in [4.69, 9.17) is 0 Å². The molecule has 2 rings (SSSR count). The Balaban J connectivity index is 2.49. The number of pyridine rings is 2. The van der Waals surface area contributed by atoms with E-state index in [9.17, 15) is 0 Å². The minimum atomic E-state index is 0.987. The fraction of sp³-hybridized carbons (Fsp3) is 0.167. The van der Waals surface area contributed by atoms with Crippen molar-refractivity contribution in [2.24, 2.45) is 0 Å². The SMILES string of the molecule is Cc1cncc(-c2cc(C)ccn2)c1. The molecular formula is C12H12N2. The van der Waals surface area contributed by atoms with E-state index < -0.39 is 0 Å². The lowest BCUT2D eigenvalue weighted by Crippen LogP contribution is -1.86. The highest BCUT2D eigenvalue weighted by Gasteiger charge is 1.99. The fourth-order valence-corrected chi connectivity index (χ4v) is 1.39. The number of aromatic nitrogens is 2. The summed E-state index contributed by atoms with van der Waals surface area (Å²) in [6, 6.07) is 6.15. The second kappa shape index (κ2) is 3.58. The molecule has 2 nitrogen and oxygen atoms in total. The largest absolute Gasteiger partial charge is 0.264 e. The zero-order chi connectivity index (χ0) is 9.97. The molecule has 2 aromatic heterocycles. The second-order valence-corrected chi connectivity index (χ2v) is 3.47. The predicted molar refractivity (Wildman–Crippen MR) is 56.9 cm³/mol. The third-order valence-corrected chi connectivity index (χ3v) is 2.09. The maximum Gasteiger partial charge on any atom is 0.0720 e. The van der Waals surface area contributed by atoms with Crippen molar-refractivity contribution < 1.29 is 0 Å². The van der Waals surface area contributed by atoms with Gasteiger partial charge in [0.05, 0.1) is 5.69 Å². The molecule has 0 saturated heterocycles. The number of nitrogens with zero attached hydrogens (tertiary/aromatic N) is 2. The van der Waals surface area contributed by atoms with Crippen LogP contribution in [0.1, 0.15) is 11.1 Å². The lowest BCUT2D eigenvalue weighted by molar-refractivity contribution is 1.23. The molecule has 0 amide bonds. The van der Waals surface area contributed by atoms with Gasteiger partial charge in [0.25, 0.3) is 0 Å². The second-order valence-electron chi connectivity index (χ2n) is 3.47. The summed E-state index contributed by atoms with van der Waals surface area (Å²) in [5, 5.41) is 0. The quantitative estimate of drug-likeness (QED) is 0.681. The van der Waals surface area contributed by atoms with Crippen LogP contribution in [0.15, 0.2) is 36.8 Å². The van der Waals surface area contributed by atoms with Crippen LogP contribution in [0.3, 0.4) is 0 Å². The minimum absolute atomic E-state index is 0.987. The number of hydrogen-bond acceptors (Lipinski definition) is 2. The van der Waals surface area contributed by atoms with Gasteiger partial charge in [-0.2, -0.15) is 0 Å². The van der Waals surface area contributed by atoms with E-state index in [-0.39, 0.29) is 0 Å². The molecule has 0 saturated carbocycles. The summed E-state index contributed by atoms with van der Waals surface area (Å²) in [5.74, 6) is 0. The lowest BCUT2D eigenvalue weighted by atomic mass is 10.1. The molecule has 0 atom stereocenters. The van der Waals surface area contributed by atoms with E-state index in [0.717, 1.165) is 16.8 Å². The van der Waals surface area contributed by atoms with Crippen molar-refractivity contribution >= 4 is 0 Å². The third-order valence-electron chi connectivity index (χ3n) is 2.09. The molecule has 70 valence electrons. The molecule has 2 heteroatoms. The van der Waals surface area contributed by atoms with Gasteiger partial charge in [-0.3, -0.25) is 9.97 Å². The van der Waals surface area contributed by atoms with Gasteiger partial charge in [0, 0.05) is 24.2 Å². The molecule has 0 aliphatic carbocycles. The summed E-state index contributed by atoms with van der Waals surface area (Å²) >= 11 is 0. The van der Waals surface area contributed by atoms with E-state index in [1.807, 2.05) is 31.6 Å². The molecule has 0 aliphatic heterocycles. The van der Waals surface area contributed by atoms with Crippen LogP contribution in [0, 0.1) is 13.8 Å². The molecule has 0 fully saturated rings. The molecule has 14 heavy (non-hydrogen) atoms. The highest BCUT2D eigenvalue weighted by Crippen LogP contribution is 2.17. The van der Waals surface area contributed by atoms with Crippen LogP contribution in [0.25, 0.3) is 11.3 Å². The highest BCUT2D eigenvalue weighted by molar-refractivity contribution is 5.58. The van der Waals surface area contributed by atoms with Gasteiger partial charge in [0.15, 0.2) is 0 Å². The molecule has 0 radical (unpaired) electrons. The zero-order valence-corrected chi connectivity index (χ0v) is 8.36. The van der Waals surface area contributed by atoms with E-state index in [2.05, 4.69) is 29.0 Å². The van der Waals surface area contributed by atoms with Crippen LogP contribution >= 0.6 is 0 Å². The maximum atomic E-state index is 4.31. The maximum absolute atomic E-state index is 4.31. The van der Waals surface area contributed by atoms with Gasteiger partial charge in [0.2, 0.25) is 0 Å². The van der Waals surface area contributed by atoms with Crippen LogP contribution < -0.4 is 0 Å². The fourth-order valence-electron chi connectivity index (χ4n) is 1.39. The van der Waals surface area contributed by atoms with Crippen molar-refractivity contribution in [3.8, 4) is 11.3 Å². The van der Waals surface area contributed by atoms with Crippen LogP contribution in [0.2, 0.25) is 0 Å². The van der Waals surface area contributed by atoms with Gasteiger partial charge in [-0.25, -0.2) is 0 Å². The minimum Gasteiger partial charge on any atom is -0.264 e. The average Bonchev–Trinajstić information content (AvgIpc) is 2.18. The first-order valence-corrected chi connectivity index (χ1v) is 4.60. The Kier molecular flexibility index (Phi) is 2.27. The van der Waals surface area contributed by atoms with Gasteiger partial charge < -0.3 is 0 Å². The average molecular weight is 184 g/mol. The van der Waals surface area contributed by atoms with E-state index in [1.165, 1.54) is 5.56 Å². The standard InChI is InChI=1S/C12H12N2/c1-9-3-4-14-12(6-9)11-5-10(2)7-13-8-11/h3-8H,1-2H3. The first-order valence-electron chi connectivity index (χ1n) is 4.60. The van der Waals surface area contributed by atoms with Crippen molar-refractivity contribution in [1.29, 1.82) is 0 Å². The normalized spacial score (nSPS) is 10.1. The summed E-state index contributed by atoms with van der Waals surface area (Å²) in [7, 11) is 0. The Bertz CT molecular complexity index is 406. The molecule has 0 unspecified atom stereocenters. The summed E-state index contributed by atoms with van der Waals surface area (Å²) in [4.78, 5) is 8.46. The van der Waals surface area contributed by atoms with Gasteiger partial charge in [-0.05, 0) is 43.2 Å². The number of aryl methyl sites for hydroxylation is 2. The van der Waals surface area contributed by atoms with Crippen molar-refractivity contribution in [1.82, 2.24) is 9.97 Å². The Morgan fingerprint density at radius 2 is 1.86 bits per heavy atom. The Morgan fingerprint density at radius 1 is 1.00 bits per heavy atom. The van der Waals surface area contributed by atoms with Crippen LogP contribution in [-0.4, -0.2) is 9.97 Å². The molecule has 2 aromatic rings. The Hall–Kier alpha value is -1.70. The van der Waals surface area contributed by atoms with Crippen molar-refractivity contribution in [3.63, 3.8) is 0 Å². The molecule has 0 aliphatic rings. The predicted octanol–water partition coefficient (Wildman–Crippen LogP) is 2.76. The van der Waals surface area contributed by atoms with Crippen LogP contribution in [-0.2, 0) is 0 Å². The van der Waals surface area contributed by atoms with Crippen molar-refractivity contribution in [2.75, 3.05) is 0 Å². The van der Waals surface area contributed by atoms with Crippen molar-refractivity contribution in [2.45, 2.75) is 13.8 Å². The molecule has 0 aromatic carbocycles. The van der Waals surface area contributed by atoms with E-state index in [0.29, 0.717) is 0 Å². The molecule has 0 bridgehead atoms. The van der Waals surface area contributed by atoms with E-state index >= 15 is 0 Å². The van der Waals surface area contributed by atoms with Gasteiger partial charge in [0.1, 0.15) is 0 Å². The summed E-state index contributed by atoms with van der Waals surface area (Å²) < 4.78 is 0. The van der Waals surface area contributed by atoms with Crippen LogP contribution in [0.5, 0.6) is 0 Å². The van der Waals surface area contributed by atoms with Crippen molar-refractivity contribution in [3.05, 3.63) is 47.9 Å². The first-order chi connectivity index (χ1) is 6.75. The van der Waals surface area contributed by atoms with Gasteiger partial charge >= 0.3 is 0 Å². The smallest absolute Gasteiger partial charge is 0.0720 e. The van der Waals surface area contributed by atoms with Gasteiger partial charge in [-0.15, -0.1) is 0 Å². The zero-order valence-electron chi connectivity index (χ0n) is 8.36. The topological polar surface area (TPSA) is 25.8 Å². The molecular weight excluding hydrogens is 172 g/mol. The molecule has 0 N–H and O–H groups in total. The third kappa shape index (κ3) is 1.79. The summed E-state index contributed by atoms with van der Waals surface area (Å²) in [6.07, 6.45) is 5.51. The Morgan fingerprint density at radius 3 is 2.57 bits per heavy atom. The van der Waals surface area contributed by atoms with Gasteiger partial charge in [-0.1, -0.05) is 0 Å². The number of rotatable bonds is 1. The summed E-state index contributed by atoms with van der Waals surface area (Å²) in [5.41, 5.74) is 4.44. The first kappa shape index (κ1) is 8.88. The molecule has 0 spiro atoms. The monoisotopic (exact) mass is 184 g/mol. The molecule has 2 heterocycles. The van der Waals surface area contributed by atoms with E-state index in [1.54, 1.807) is 0 Å². The lowest BCUT2D eigenvalue weighted by Gasteiger charge is -2.01. The van der Waals surface area contributed by atoms with Crippen LogP contribution in [0.4, 0.5) is 0 Å². The highest BCUT2D eigenvalue weighted by atomic mass is 14.7.